The number of hydrogen-bond donors (Lipinski definition) is 0. The fraction of sp³-hybridized carbons (Fsp3) is 0.368. The van der Waals surface area contributed by atoms with E-state index in [1.165, 1.54) is 0 Å². The number of ether oxygens (including phenoxy) is 1. The molecule has 0 unspecified atom stereocenters. The molecule has 1 aromatic heterocycles. The van der Waals surface area contributed by atoms with Gasteiger partial charge in [-0.1, -0.05) is 30.3 Å². The Morgan fingerprint density at radius 3 is 2.83 bits per heavy atom. The first kappa shape index (κ1) is 15.7. The molecule has 2 heterocycles. The van der Waals surface area contributed by atoms with E-state index in [1.807, 2.05) is 43.0 Å². The van der Waals surface area contributed by atoms with Crippen LogP contribution >= 0.6 is 0 Å². The number of hydrogen-bond acceptors (Lipinski definition) is 3. The smallest absolute Gasteiger partial charge is 0.227 e. The average Bonchev–Trinajstić information content (AvgIpc) is 2.57. The van der Waals surface area contributed by atoms with E-state index in [1.54, 1.807) is 12.4 Å². The standard InChI is InChI=1S/C19H22N2O2/c1-14-11-20-9-8-17(14)10-19(22)21-12-15(2)23-13-18(21)16-6-4-3-5-7-16/h3-9,11,15,18H,10,12-13H2,1-2H3/t15-,18-/m0/s1. The van der Waals surface area contributed by atoms with Gasteiger partial charge >= 0.3 is 0 Å². The summed E-state index contributed by atoms with van der Waals surface area (Å²) in [7, 11) is 0. The van der Waals surface area contributed by atoms with Gasteiger partial charge in [-0.25, -0.2) is 0 Å². The van der Waals surface area contributed by atoms with Crippen molar-refractivity contribution in [2.24, 2.45) is 0 Å². The molecule has 1 amide bonds. The molecular formula is C19H22N2O2. The van der Waals surface area contributed by atoms with Crippen molar-refractivity contribution in [2.45, 2.75) is 32.4 Å². The first-order chi connectivity index (χ1) is 11.1. The Labute approximate surface area is 137 Å². The van der Waals surface area contributed by atoms with E-state index >= 15 is 0 Å². The van der Waals surface area contributed by atoms with E-state index in [4.69, 9.17) is 4.74 Å². The van der Waals surface area contributed by atoms with Crippen LogP contribution in [0.4, 0.5) is 0 Å². The second-order valence-corrected chi connectivity index (χ2v) is 6.10. The lowest BCUT2D eigenvalue weighted by Crippen LogP contribution is -2.47. The lowest BCUT2D eigenvalue weighted by molar-refractivity contribution is -0.144. The lowest BCUT2D eigenvalue weighted by Gasteiger charge is -2.39. The number of pyridine rings is 1. The quantitative estimate of drug-likeness (QED) is 0.875. The van der Waals surface area contributed by atoms with Crippen molar-refractivity contribution in [3.63, 3.8) is 0 Å². The molecule has 0 saturated carbocycles. The Hall–Kier alpha value is -2.20. The van der Waals surface area contributed by atoms with E-state index in [0.29, 0.717) is 19.6 Å². The van der Waals surface area contributed by atoms with Crippen LogP contribution in [0.25, 0.3) is 0 Å². The maximum absolute atomic E-state index is 12.9. The van der Waals surface area contributed by atoms with Crippen LogP contribution in [0, 0.1) is 6.92 Å². The number of carbonyl (C=O) groups excluding carboxylic acids is 1. The number of carbonyl (C=O) groups is 1. The van der Waals surface area contributed by atoms with Crippen molar-refractivity contribution < 1.29 is 9.53 Å². The van der Waals surface area contributed by atoms with Gasteiger partial charge in [0.15, 0.2) is 0 Å². The summed E-state index contributed by atoms with van der Waals surface area (Å²) in [5.41, 5.74) is 3.22. The van der Waals surface area contributed by atoms with Crippen molar-refractivity contribution in [1.29, 1.82) is 0 Å². The van der Waals surface area contributed by atoms with Crippen molar-refractivity contribution in [3.8, 4) is 0 Å². The molecule has 1 aliphatic rings. The van der Waals surface area contributed by atoms with Gasteiger partial charge in [-0.15, -0.1) is 0 Å². The molecule has 2 atom stereocenters. The third-order valence-corrected chi connectivity index (χ3v) is 4.35. The minimum absolute atomic E-state index is 0.0120. The summed E-state index contributed by atoms with van der Waals surface area (Å²) in [5.74, 6) is 0.142. The fourth-order valence-corrected chi connectivity index (χ4v) is 2.99. The number of nitrogens with zero attached hydrogens (tertiary/aromatic N) is 2. The Morgan fingerprint density at radius 1 is 1.30 bits per heavy atom. The van der Waals surface area contributed by atoms with Crippen LogP contribution in [0.15, 0.2) is 48.8 Å². The maximum Gasteiger partial charge on any atom is 0.227 e. The summed E-state index contributed by atoms with van der Waals surface area (Å²) >= 11 is 0. The van der Waals surface area contributed by atoms with Crippen LogP contribution in [0.3, 0.4) is 0 Å². The number of benzene rings is 1. The molecule has 4 nitrogen and oxygen atoms in total. The van der Waals surface area contributed by atoms with Gasteiger partial charge in [0, 0.05) is 18.9 Å². The maximum atomic E-state index is 12.9. The topological polar surface area (TPSA) is 42.4 Å². The van der Waals surface area contributed by atoms with Crippen molar-refractivity contribution in [3.05, 3.63) is 65.5 Å². The predicted octanol–water partition coefficient (Wildman–Crippen LogP) is 2.92. The summed E-state index contributed by atoms with van der Waals surface area (Å²) in [6.45, 7) is 5.18. The number of morpholine rings is 1. The number of aromatic nitrogens is 1. The third-order valence-electron chi connectivity index (χ3n) is 4.35. The Kier molecular flexibility index (Phi) is 4.72. The average molecular weight is 310 g/mol. The van der Waals surface area contributed by atoms with Crippen LogP contribution in [0.1, 0.15) is 29.7 Å². The first-order valence-electron chi connectivity index (χ1n) is 8.00. The molecule has 4 heteroatoms. The number of aryl methyl sites for hydroxylation is 1. The summed E-state index contributed by atoms with van der Waals surface area (Å²) in [6, 6.07) is 12.0. The van der Waals surface area contributed by atoms with Crippen LogP contribution < -0.4 is 0 Å². The largest absolute Gasteiger partial charge is 0.374 e. The Bertz CT molecular complexity index is 672. The van der Waals surface area contributed by atoms with Gasteiger partial charge in [-0.2, -0.15) is 0 Å². The fourth-order valence-electron chi connectivity index (χ4n) is 2.99. The molecular weight excluding hydrogens is 288 g/mol. The Morgan fingerprint density at radius 2 is 2.09 bits per heavy atom. The van der Waals surface area contributed by atoms with E-state index in [0.717, 1.165) is 16.7 Å². The lowest BCUT2D eigenvalue weighted by atomic mass is 10.0. The molecule has 120 valence electrons. The van der Waals surface area contributed by atoms with Crippen LogP contribution in [0.2, 0.25) is 0 Å². The van der Waals surface area contributed by atoms with Gasteiger partial charge in [-0.3, -0.25) is 9.78 Å². The highest BCUT2D eigenvalue weighted by molar-refractivity contribution is 5.79. The van der Waals surface area contributed by atoms with Gasteiger partial charge in [0.25, 0.3) is 0 Å². The molecule has 1 aliphatic heterocycles. The SMILES string of the molecule is Cc1cnccc1CC(=O)N1C[C@H](C)OC[C@H]1c1ccccc1. The summed E-state index contributed by atoms with van der Waals surface area (Å²) in [6.07, 6.45) is 4.02. The van der Waals surface area contributed by atoms with Gasteiger partial charge in [0.2, 0.25) is 5.91 Å². The normalized spacial score (nSPS) is 21.2. The highest BCUT2D eigenvalue weighted by atomic mass is 16.5. The molecule has 1 aromatic carbocycles. The van der Waals surface area contributed by atoms with Crippen LogP contribution in [0.5, 0.6) is 0 Å². The zero-order valence-electron chi connectivity index (χ0n) is 13.6. The van der Waals surface area contributed by atoms with Crippen molar-refractivity contribution in [2.75, 3.05) is 13.2 Å². The van der Waals surface area contributed by atoms with E-state index in [2.05, 4.69) is 17.1 Å². The minimum Gasteiger partial charge on any atom is -0.374 e. The van der Waals surface area contributed by atoms with Gasteiger partial charge < -0.3 is 9.64 Å². The summed E-state index contributed by atoms with van der Waals surface area (Å²) in [5, 5.41) is 0. The highest BCUT2D eigenvalue weighted by Gasteiger charge is 2.31. The molecule has 1 saturated heterocycles. The molecule has 0 bridgehead atoms. The second kappa shape index (κ2) is 6.92. The van der Waals surface area contributed by atoms with Crippen LogP contribution in [-0.4, -0.2) is 35.0 Å². The molecule has 1 fully saturated rings. The van der Waals surface area contributed by atoms with E-state index in [9.17, 15) is 4.79 Å². The highest BCUT2D eigenvalue weighted by Crippen LogP contribution is 2.27. The van der Waals surface area contributed by atoms with E-state index < -0.39 is 0 Å². The third kappa shape index (κ3) is 3.59. The Balaban J connectivity index is 1.82. The molecule has 0 N–H and O–H groups in total. The zero-order chi connectivity index (χ0) is 16.2. The molecule has 2 aromatic rings. The molecule has 3 rings (SSSR count). The van der Waals surface area contributed by atoms with Gasteiger partial charge in [0.1, 0.15) is 0 Å². The first-order valence-corrected chi connectivity index (χ1v) is 8.00. The van der Waals surface area contributed by atoms with Gasteiger partial charge in [0.05, 0.1) is 25.2 Å². The minimum atomic E-state index is -0.0120. The van der Waals surface area contributed by atoms with Crippen molar-refractivity contribution in [1.82, 2.24) is 9.88 Å². The van der Waals surface area contributed by atoms with Crippen molar-refractivity contribution >= 4 is 5.91 Å². The summed E-state index contributed by atoms with van der Waals surface area (Å²) in [4.78, 5) is 19.0. The zero-order valence-corrected chi connectivity index (χ0v) is 13.6. The number of rotatable bonds is 3. The second-order valence-electron chi connectivity index (χ2n) is 6.10. The number of amides is 1. The molecule has 0 radical (unpaired) electrons. The van der Waals surface area contributed by atoms with Crippen LogP contribution in [-0.2, 0) is 16.0 Å². The summed E-state index contributed by atoms with van der Waals surface area (Å²) < 4.78 is 5.80. The molecule has 0 aliphatic carbocycles. The monoisotopic (exact) mass is 310 g/mol. The van der Waals surface area contributed by atoms with E-state index in [-0.39, 0.29) is 18.1 Å². The molecule has 0 spiro atoms. The van der Waals surface area contributed by atoms with Gasteiger partial charge in [-0.05, 0) is 36.6 Å². The predicted molar refractivity (Wildman–Crippen MR) is 89.0 cm³/mol. The molecule has 23 heavy (non-hydrogen) atoms.